The molecule has 6 N–H and O–H groups in total. The molecule has 0 amide bonds. The Morgan fingerprint density at radius 1 is 0.500 bits per heavy atom. The Morgan fingerprint density at radius 2 is 0.714 bits per heavy atom. The minimum absolute atomic E-state index is 0.296. The highest BCUT2D eigenvalue weighted by Crippen LogP contribution is 1.90. The maximum Gasteiger partial charge on any atom is 0.372 e. The van der Waals surface area contributed by atoms with Crippen molar-refractivity contribution in [1.82, 2.24) is 0 Å². The smallest absolute Gasteiger partial charge is 0.372 e. The van der Waals surface area contributed by atoms with Crippen molar-refractivity contribution >= 4 is 47.4 Å². The molecule has 0 atom stereocenters. The highest BCUT2D eigenvalue weighted by molar-refractivity contribution is 6.32. The number of ketones is 2. The lowest BCUT2D eigenvalue weighted by atomic mass is 10.2. The molecule has 28 heavy (non-hydrogen) atoms. The summed E-state index contributed by atoms with van der Waals surface area (Å²) in [7, 11) is 0. The lowest BCUT2D eigenvalue weighted by molar-refractivity contribution is -0.150. The molecule has 0 radical (unpaired) electrons. The summed E-state index contributed by atoms with van der Waals surface area (Å²) in [6.45, 7) is 2.09. The molecule has 0 heterocycles. The number of hydrogen-bond donors (Lipinski definition) is 6. The molecule has 0 aromatic carbocycles. The molecule has 14 heteroatoms. The van der Waals surface area contributed by atoms with Gasteiger partial charge in [-0.1, -0.05) is 0 Å². The van der Waals surface area contributed by atoms with Crippen LogP contribution < -0.4 is 0 Å². The van der Waals surface area contributed by atoms with Gasteiger partial charge in [0.2, 0.25) is 11.6 Å². The number of hydrogen-bond acceptors (Lipinski definition) is 8. The predicted octanol–water partition coefficient (Wildman–Crippen LogP) is -0.808. The molecular formula is C14H20O14. The third kappa shape index (κ3) is 49.5. The van der Waals surface area contributed by atoms with Crippen LogP contribution in [0.3, 0.4) is 0 Å². The average Bonchev–Trinajstić information content (AvgIpc) is 2.50. The fourth-order valence-corrected chi connectivity index (χ4v) is 0.541. The zero-order valence-electron chi connectivity index (χ0n) is 14.8. The van der Waals surface area contributed by atoms with Gasteiger partial charge in [-0.05, 0) is 0 Å². The summed E-state index contributed by atoms with van der Waals surface area (Å²) in [5.74, 6) is -9.01. The molecular weight excluding hydrogens is 392 g/mol. The van der Waals surface area contributed by atoms with Crippen molar-refractivity contribution in [2.24, 2.45) is 0 Å². The molecule has 0 spiro atoms. The Hall–Kier alpha value is -3.84. The number of rotatable bonds is 8. The van der Waals surface area contributed by atoms with Crippen LogP contribution in [0.1, 0.15) is 39.5 Å². The average molecular weight is 412 g/mol. The number of carboxylic acid groups (broad SMARTS) is 6. The number of aliphatic carboxylic acids is 6. The highest BCUT2D eigenvalue weighted by atomic mass is 16.4. The van der Waals surface area contributed by atoms with Crippen molar-refractivity contribution < 1.29 is 69.0 Å². The van der Waals surface area contributed by atoms with Crippen LogP contribution in [0.5, 0.6) is 0 Å². The lowest BCUT2D eigenvalue weighted by Crippen LogP contribution is -2.13. The van der Waals surface area contributed by atoms with Crippen LogP contribution in [-0.4, -0.2) is 78.0 Å². The van der Waals surface area contributed by atoms with E-state index in [1.807, 2.05) is 0 Å². The first-order valence-electron chi connectivity index (χ1n) is 6.89. The van der Waals surface area contributed by atoms with E-state index < -0.39 is 60.2 Å². The van der Waals surface area contributed by atoms with Gasteiger partial charge in [0, 0.05) is 20.3 Å². The molecule has 0 aliphatic heterocycles. The Balaban J connectivity index is -0.000000144. The molecule has 14 nitrogen and oxygen atoms in total. The quantitative estimate of drug-likeness (QED) is 0.266. The van der Waals surface area contributed by atoms with E-state index in [9.17, 15) is 33.6 Å². The van der Waals surface area contributed by atoms with Gasteiger partial charge in [0.15, 0.2) is 0 Å². The van der Waals surface area contributed by atoms with Gasteiger partial charge in [-0.15, -0.1) is 0 Å². The molecule has 160 valence electrons. The summed E-state index contributed by atoms with van der Waals surface area (Å²) in [5.41, 5.74) is 0. The van der Waals surface area contributed by atoms with Gasteiger partial charge in [0.1, 0.15) is 0 Å². The highest BCUT2D eigenvalue weighted by Gasteiger charge is 2.12. The van der Waals surface area contributed by atoms with Gasteiger partial charge in [0.25, 0.3) is 5.97 Å². The maximum absolute atomic E-state index is 10.2. The summed E-state index contributed by atoms with van der Waals surface area (Å²) in [6, 6.07) is 0. The van der Waals surface area contributed by atoms with Gasteiger partial charge in [-0.25, -0.2) is 9.59 Å². The summed E-state index contributed by atoms with van der Waals surface area (Å²) >= 11 is 0. The third-order valence-corrected chi connectivity index (χ3v) is 1.66. The summed E-state index contributed by atoms with van der Waals surface area (Å²) < 4.78 is 0. The van der Waals surface area contributed by atoms with Crippen molar-refractivity contribution in [3.8, 4) is 0 Å². The third-order valence-electron chi connectivity index (χ3n) is 1.66. The molecule has 0 saturated heterocycles. The van der Waals surface area contributed by atoms with Crippen LogP contribution in [0.25, 0.3) is 0 Å². The molecule has 0 aliphatic carbocycles. The Kier molecular flexibility index (Phi) is 22.2. The normalized spacial score (nSPS) is 8.07. The molecule has 0 rings (SSSR count). The fourth-order valence-electron chi connectivity index (χ4n) is 0.541. The van der Waals surface area contributed by atoms with Crippen molar-refractivity contribution in [2.75, 3.05) is 0 Å². The molecule has 0 unspecified atom stereocenters. The van der Waals surface area contributed by atoms with Crippen molar-refractivity contribution in [3.05, 3.63) is 0 Å². The lowest BCUT2D eigenvalue weighted by Gasteiger charge is -1.88. The van der Waals surface area contributed by atoms with Crippen LogP contribution >= 0.6 is 0 Å². The van der Waals surface area contributed by atoms with E-state index in [1.54, 1.807) is 0 Å². The summed E-state index contributed by atoms with van der Waals surface area (Å²) in [5, 5.41) is 46.8. The van der Waals surface area contributed by atoms with E-state index in [0.29, 0.717) is 0 Å². The standard InChI is InChI=1S/C5H6O5.C4H6O4.C3H4O3.C2H4O2/c6-3(5(9)10)1-2-4(7)8;5-3(6)1-2-4(7)8;1-2(4)3(5)6;1-2(3)4/h1-2H2,(H,7,8)(H,9,10);1-2H2,(H,5,6)(H,7,8);1H3,(H,5,6);1H3,(H,3,4). The van der Waals surface area contributed by atoms with Crippen molar-refractivity contribution in [3.63, 3.8) is 0 Å². The van der Waals surface area contributed by atoms with Gasteiger partial charge >= 0.3 is 29.8 Å². The van der Waals surface area contributed by atoms with E-state index in [1.165, 1.54) is 0 Å². The molecule has 0 aromatic heterocycles. The van der Waals surface area contributed by atoms with E-state index >= 15 is 0 Å². The number of carbonyl (C=O) groups excluding carboxylic acids is 2. The second-order valence-electron chi connectivity index (χ2n) is 4.29. The van der Waals surface area contributed by atoms with Crippen LogP contribution in [0, 0.1) is 0 Å². The second kappa shape index (κ2) is 19.5. The van der Waals surface area contributed by atoms with Crippen molar-refractivity contribution in [2.45, 2.75) is 39.5 Å². The minimum atomic E-state index is -1.58. The van der Waals surface area contributed by atoms with Crippen LogP contribution in [-0.2, 0) is 38.4 Å². The Morgan fingerprint density at radius 3 is 0.857 bits per heavy atom. The van der Waals surface area contributed by atoms with Crippen LogP contribution in [0.4, 0.5) is 0 Å². The predicted molar refractivity (Wildman–Crippen MR) is 85.6 cm³/mol. The Bertz CT molecular complexity index is 559. The second-order valence-corrected chi connectivity index (χ2v) is 4.29. The monoisotopic (exact) mass is 412 g/mol. The molecule has 0 fully saturated rings. The molecule has 0 bridgehead atoms. The van der Waals surface area contributed by atoms with Gasteiger partial charge < -0.3 is 30.6 Å². The first-order valence-corrected chi connectivity index (χ1v) is 6.89. The van der Waals surface area contributed by atoms with E-state index in [4.69, 9.17) is 35.4 Å². The van der Waals surface area contributed by atoms with Crippen LogP contribution in [0.15, 0.2) is 0 Å². The topological polar surface area (TPSA) is 258 Å². The van der Waals surface area contributed by atoms with Gasteiger partial charge in [-0.3, -0.25) is 28.8 Å². The number of carboxylic acids is 6. The van der Waals surface area contributed by atoms with E-state index in [2.05, 4.69) is 0 Å². The fraction of sp³-hybridized carbons (Fsp3) is 0.429. The first-order chi connectivity index (χ1) is 12.5. The largest absolute Gasteiger partial charge is 0.481 e. The summed E-state index contributed by atoms with van der Waals surface area (Å²) in [4.78, 5) is 76.9. The summed E-state index contributed by atoms with van der Waals surface area (Å²) in [6.07, 6.45) is -1.46. The molecule has 0 aliphatic rings. The van der Waals surface area contributed by atoms with Crippen molar-refractivity contribution in [1.29, 1.82) is 0 Å². The van der Waals surface area contributed by atoms with Crippen LogP contribution in [0.2, 0.25) is 0 Å². The SMILES string of the molecule is CC(=O)C(=O)O.CC(=O)O.O=C(O)CCC(=O)C(=O)O.O=C(O)CCC(=O)O. The number of Topliss-reactive ketones (excluding diaryl/α,β-unsaturated/α-hetero) is 2. The molecule has 0 aromatic rings. The van der Waals surface area contributed by atoms with Gasteiger partial charge in [-0.2, -0.15) is 0 Å². The van der Waals surface area contributed by atoms with Gasteiger partial charge in [0.05, 0.1) is 19.3 Å². The number of carbonyl (C=O) groups is 8. The molecule has 0 saturated carbocycles. The van der Waals surface area contributed by atoms with E-state index in [0.717, 1.165) is 13.8 Å². The zero-order chi connectivity index (χ0) is 23.4. The first kappa shape index (κ1) is 31.9. The zero-order valence-corrected chi connectivity index (χ0v) is 14.8. The Labute approximate surface area is 157 Å². The van der Waals surface area contributed by atoms with E-state index in [-0.39, 0.29) is 12.8 Å². The maximum atomic E-state index is 10.2. The minimum Gasteiger partial charge on any atom is -0.481 e.